The predicted molar refractivity (Wildman–Crippen MR) is 147 cm³/mol. The van der Waals surface area contributed by atoms with Gasteiger partial charge in [0.25, 0.3) is 10.0 Å². The first-order valence-electron chi connectivity index (χ1n) is 12.1. The molecule has 9 nitrogen and oxygen atoms in total. The number of carbonyl (C=O) groups excluding carboxylic acids is 1. The van der Waals surface area contributed by atoms with Crippen molar-refractivity contribution in [1.82, 2.24) is 19.6 Å². The number of urea groups is 1. The van der Waals surface area contributed by atoms with Gasteiger partial charge in [0, 0.05) is 25.1 Å². The van der Waals surface area contributed by atoms with Crippen molar-refractivity contribution in [3.8, 4) is 11.1 Å². The topological polar surface area (TPSA) is 130 Å². The summed E-state index contributed by atoms with van der Waals surface area (Å²) >= 11 is 1.26. The van der Waals surface area contributed by atoms with Gasteiger partial charge in [-0.2, -0.15) is 0 Å². The van der Waals surface area contributed by atoms with E-state index in [9.17, 15) is 23.1 Å². The number of hydrogen-bond acceptors (Lipinski definition) is 6. The molecule has 0 saturated heterocycles. The van der Waals surface area contributed by atoms with E-state index in [2.05, 4.69) is 15.0 Å². The van der Waals surface area contributed by atoms with Crippen LogP contribution in [0, 0.1) is 0 Å². The molecule has 3 aromatic rings. The van der Waals surface area contributed by atoms with Crippen molar-refractivity contribution < 1.29 is 129 Å². The molecule has 39 heavy (non-hydrogen) atoms. The number of unbranched alkanes of at least 4 members (excludes halogenated alkanes) is 1. The molecule has 0 saturated carbocycles. The summed E-state index contributed by atoms with van der Waals surface area (Å²) in [5.41, 5.74) is 1.75. The van der Waals surface area contributed by atoms with Crippen LogP contribution < -0.4 is 113 Å². The number of hydrogen-bond donors (Lipinski definition) is 3. The number of imidazole rings is 1. The average molecular weight is 625 g/mol. The zero-order valence-electron chi connectivity index (χ0n) is 25.2. The molecule has 2 amide bonds. The monoisotopic (exact) mass is 624 g/mol. The first-order valence-corrected chi connectivity index (χ1v) is 14.8. The van der Waals surface area contributed by atoms with Crippen molar-refractivity contribution in [2.24, 2.45) is 0 Å². The van der Waals surface area contributed by atoms with Crippen LogP contribution in [0.15, 0.2) is 58.5 Å². The Labute approximate surface area is 322 Å². The summed E-state index contributed by atoms with van der Waals surface area (Å²) < 4.78 is 30.4. The molecule has 0 bridgehead atoms. The van der Waals surface area contributed by atoms with Gasteiger partial charge in [-0.3, -0.25) is 0 Å². The number of carboxylic acid groups (broad SMARTS) is 1. The molecule has 0 aliphatic rings. The Morgan fingerprint density at radius 2 is 1.77 bits per heavy atom. The molecule has 202 valence electrons. The van der Waals surface area contributed by atoms with Gasteiger partial charge < -0.3 is 17.8 Å². The van der Waals surface area contributed by atoms with Crippen molar-refractivity contribution >= 4 is 33.8 Å². The van der Waals surface area contributed by atoms with Crippen LogP contribution in [0.4, 0.5) is 4.79 Å². The van der Waals surface area contributed by atoms with Crippen LogP contribution in [0.5, 0.6) is 0 Å². The molecule has 13 heteroatoms. The van der Waals surface area contributed by atoms with E-state index in [1.165, 1.54) is 17.8 Å². The molecule has 0 atom stereocenters. The van der Waals surface area contributed by atoms with Gasteiger partial charge in [0.05, 0.1) is 4.90 Å². The Bertz CT molecular complexity index is 1380. The molecular formula is C26H34K2N4O5S2. The number of rotatable bonds is 12. The summed E-state index contributed by atoms with van der Waals surface area (Å²) in [5, 5.41) is 12.9. The SMILES string of the molecule is CCCCc1nc(SC)c(C(=O)O)n1Cc1ccc(-c2ccccc2)c(S(=O)(=O)NC(=O)NCCC)c1.[H-].[H-].[K+].[K+]. The molecule has 0 fully saturated rings. The number of amides is 2. The molecule has 1 aromatic heterocycles. The fourth-order valence-electron chi connectivity index (χ4n) is 3.90. The maximum absolute atomic E-state index is 13.3. The van der Waals surface area contributed by atoms with Gasteiger partial charge in [-0.05, 0) is 36.3 Å². The van der Waals surface area contributed by atoms with Crippen LogP contribution in [0.2, 0.25) is 0 Å². The van der Waals surface area contributed by atoms with Gasteiger partial charge in [-0.15, -0.1) is 11.8 Å². The van der Waals surface area contributed by atoms with Gasteiger partial charge in [0.15, 0.2) is 5.69 Å². The molecular weight excluding hydrogens is 591 g/mol. The fraction of sp³-hybridized carbons (Fsp3) is 0.346. The molecule has 1 heterocycles. The van der Waals surface area contributed by atoms with Crippen LogP contribution in [0.3, 0.4) is 0 Å². The standard InChI is InChI=1S/C26H32N4O5S2.2K.2H/c1-4-6-12-22-28-24(36-3)23(25(31)32)30(22)17-18-13-14-20(19-10-8-7-9-11-19)21(16-18)37(34,35)29-26(33)27-15-5-2;;;;/h7-11,13-14,16H,4-6,12,15,17H2,1-3H3,(H,31,32)(H2,27,29,33);;;;/q;2*+1;2*-1. The quantitative estimate of drug-likeness (QED) is 0.174. The first-order chi connectivity index (χ1) is 17.7. The van der Waals surface area contributed by atoms with Crippen LogP contribution in [-0.4, -0.2) is 47.9 Å². The molecule has 0 aliphatic heterocycles. The molecule has 0 spiro atoms. The van der Waals surface area contributed by atoms with Gasteiger partial charge in [-0.25, -0.2) is 27.7 Å². The van der Waals surface area contributed by atoms with Crippen LogP contribution in [-0.2, 0) is 23.0 Å². The number of aryl methyl sites for hydroxylation is 1. The number of thioether (sulfide) groups is 1. The van der Waals surface area contributed by atoms with E-state index in [1.807, 2.05) is 19.9 Å². The molecule has 3 rings (SSSR count). The predicted octanol–water partition coefficient (Wildman–Crippen LogP) is -1.01. The Kier molecular flexibility index (Phi) is 16.9. The van der Waals surface area contributed by atoms with E-state index in [0.717, 1.165) is 12.8 Å². The second-order valence-electron chi connectivity index (χ2n) is 8.44. The van der Waals surface area contributed by atoms with Gasteiger partial charge in [-0.1, -0.05) is 62.7 Å². The Balaban J connectivity index is 0. The van der Waals surface area contributed by atoms with E-state index in [4.69, 9.17) is 0 Å². The summed E-state index contributed by atoms with van der Waals surface area (Å²) in [5.74, 6) is -0.458. The Hall–Kier alpha value is -0.0373. The van der Waals surface area contributed by atoms with Crippen LogP contribution in [0.1, 0.15) is 57.8 Å². The van der Waals surface area contributed by atoms with E-state index in [1.54, 1.807) is 47.2 Å². The second-order valence-corrected chi connectivity index (χ2v) is 10.9. The number of aromatic carboxylic acids is 1. The largest absolute Gasteiger partial charge is 1.00 e. The molecule has 0 aliphatic carbocycles. The molecule has 3 N–H and O–H groups in total. The first kappa shape index (κ1) is 37.0. The molecule has 2 aromatic carbocycles. The summed E-state index contributed by atoms with van der Waals surface area (Å²) in [6.45, 7) is 4.37. The number of sulfonamides is 1. The maximum Gasteiger partial charge on any atom is 1.00 e. The van der Waals surface area contributed by atoms with E-state index < -0.39 is 22.0 Å². The second kappa shape index (κ2) is 17.8. The number of carbonyl (C=O) groups is 2. The number of aromatic nitrogens is 2. The van der Waals surface area contributed by atoms with Crippen molar-refractivity contribution in [2.75, 3.05) is 12.8 Å². The third-order valence-corrected chi connectivity index (χ3v) is 7.73. The average Bonchev–Trinajstić information content (AvgIpc) is 3.23. The van der Waals surface area contributed by atoms with Gasteiger partial charge in [0.1, 0.15) is 10.9 Å². The minimum Gasteiger partial charge on any atom is -1.00 e. The third kappa shape index (κ3) is 10.0. The minimum atomic E-state index is -4.24. The van der Waals surface area contributed by atoms with E-state index in [-0.39, 0.29) is 123 Å². The van der Waals surface area contributed by atoms with Crippen molar-refractivity contribution in [3.05, 3.63) is 65.6 Å². The van der Waals surface area contributed by atoms with Crippen molar-refractivity contribution in [3.63, 3.8) is 0 Å². The van der Waals surface area contributed by atoms with E-state index in [0.29, 0.717) is 46.9 Å². The summed E-state index contributed by atoms with van der Waals surface area (Å²) in [6, 6.07) is 13.1. The van der Waals surface area contributed by atoms with E-state index >= 15 is 0 Å². The fourth-order valence-corrected chi connectivity index (χ4v) is 5.69. The minimum absolute atomic E-state index is 0. The summed E-state index contributed by atoms with van der Waals surface area (Å²) in [4.78, 5) is 28.8. The zero-order valence-corrected chi connectivity index (χ0v) is 31.0. The molecule has 0 unspecified atom stereocenters. The summed E-state index contributed by atoms with van der Waals surface area (Å²) in [7, 11) is -4.24. The van der Waals surface area contributed by atoms with Crippen molar-refractivity contribution in [1.29, 1.82) is 0 Å². The number of nitrogens with zero attached hydrogens (tertiary/aromatic N) is 2. The van der Waals surface area contributed by atoms with Gasteiger partial charge >= 0.3 is 115 Å². The zero-order chi connectivity index (χ0) is 27.0. The number of carboxylic acids is 1. The Morgan fingerprint density at radius 1 is 1.08 bits per heavy atom. The Morgan fingerprint density at radius 3 is 2.36 bits per heavy atom. The maximum atomic E-state index is 13.3. The molecule has 0 radical (unpaired) electrons. The van der Waals surface area contributed by atoms with Gasteiger partial charge in [0.2, 0.25) is 0 Å². The normalized spacial score (nSPS) is 10.7. The smallest absolute Gasteiger partial charge is 1.00 e. The number of nitrogens with one attached hydrogen (secondary N) is 2. The van der Waals surface area contributed by atoms with Crippen molar-refractivity contribution in [2.45, 2.75) is 56.0 Å². The van der Waals surface area contributed by atoms with Crippen LogP contribution in [0.25, 0.3) is 11.1 Å². The van der Waals surface area contributed by atoms with Crippen LogP contribution >= 0.6 is 11.8 Å². The summed E-state index contributed by atoms with van der Waals surface area (Å²) in [6.07, 6.45) is 4.80. The number of benzene rings is 2. The third-order valence-electron chi connectivity index (χ3n) is 5.69.